The molecule has 132 valence electrons. The van der Waals surface area contributed by atoms with E-state index in [-0.39, 0.29) is 23.7 Å². The van der Waals surface area contributed by atoms with E-state index in [9.17, 15) is 14.0 Å². The topological polar surface area (TPSA) is 80.6 Å². The monoisotopic (exact) mass is 354 g/mol. The molecule has 0 atom stereocenters. The van der Waals surface area contributed by atoms with Gasteiger partial charge in [-0.1, -0.05) is 24.3 Å². The third-order valence-electron chi connectivity index (χ3n) is 3.47. The molecule has 0 saturated heterocycles. The highest BCUT2D eigenvalue weighted by Gasteiger charge is 2.14. The lowest BCUT2D eigenvalue weighted by Gasteiger charge is -2.12. The Morgan fingerprint density at radius 1 is 0.923 bits per heavy atom. The average Bonchev–Trinajstić information content (AvgIpc) is 3.20. The maximum atomic E-state index is 12.9. The molecule has 6 nitrogen and oxygen atoms in total. The molecular weight excluding hydrogens is 339 g/mol. The van der Waals surface area contributed by atoms with Crippen LogP contribution >= 0.6 is 0 Å². The van der Waals surface area contributed by atoms with E-state index in [0.717, 1.165) is 5.56 Å². The number of rotatable bonds is 5. The van der Waals surface area contributed by atoms with Crippen LogP contribution in [0.15, 0.2) is 71.3 Å². The van der Waals surface area contributed by atoms with Gasteiger partial charge >= 0.3 is 5.91 Å². The number of carbonyl (C=O) groups excluding carboxylic acids is 2. The van der Waals surface area contributed by atoms with Crippen LogP contribution in [0.5, 0.6) is 5.75 Å². The second-order valence-electron chi connectivity index (χ2n) is 5.30. The van der Waals surface area contributed by atoms with Crippen LogP contribution in [0, 0.1) is 5.82 Å². The van der Waals surface area contributed by atoms with Crippen molar-refractivity contribution in [2.45, 2.75) is 6.61 Å². The Balaban J connectivity index is 1.63. The maximum absolute atomic E-state index is 12.9. The lowest BCUT2D eigenvalue weighted by atomic mass is 10.2. The molecule has 0 aliphatic heterocycles. The van der Waals surface area contributed by atoms with Gasteiger partial charge in [-0.05, 0) is 42.0 Å². The van der Waals surface area contributed by atoms with Gasteiger partial charge in [0.15, 0.2) is 5.76 Å². The number of furan rings is 1. The minimum absolute atomic E-state index is 0.0751. The number of hydrogen-bond acceptors (Lipinski definition) is 4. The van der Waals surface area contributed by atoms with Crippen molar-refractivity contribution in [3.8, 4) is 5.75 Å². The van der Waals surface area contributed by atoms with Gasteiger partial charge in [0.25, 0.3) is 5.91 Å². The second kappa shape index (κ2) is 7.98. The van der Waals surface area contributed by atoms with Crippen LogP contribution in [-0.2, 0) is 6.61 Å². The summed E-state index contributed by atoms with van der Waals surface area (Å²) in [5.74, 6) is -1.04. The summed E-state index contributed by atoms with van der Waals surface area (Å²) in [6.07, 6.45) is 1.36. The molecule has 0 radical (unpaired) electrons. The molecule has 0 aliphatic carbocycles. The van der Waals surface area contributed by atoms with Crippen LogP contribution in [0.3, 0.4) is 0 Å². The number of halogens is 1. The molecule has 1 heterocycles. The predicted octanol–water partition coefficient (Wildman–Crippen LogP) is 3.07. The van der Waals surface area contributed by atoms with Gasteiger partial charge in [0.2, 0.25) is 0 Å². The van der Waals surface area contributed by atoms with Crippen LogP contribution in [0.4, 0.5) is 4.39 Å². The summed E-state index contributed by atoms with van der Waals surface area (Å²) in [4.78, 5) is 24.1. The first-order valence-corrected chi connectivity index (χ1v) is 7.74. The summed E-state index contributed by atoms with van der Waals surface area (Å²) in [6.45, 7) is 0.170. The van der Waals surface area contributed by atoms with E-state index in [1.54, 1.807) is 42.5 Å². The van der Waals surface area contributed by atoms with Crippen molar-refractivity contribution in [1.29, 1.82) is 0 Å². The molecule has 2 N–H and O–H groups in total. The molecule has 0 bridgehead atoms. The zero-order valence-corrected chi connectivity index (χ0v) is 13.6. The third kappa shape index (κ3) is 4.27. The highest BCUT2D eigenvalue weighted by Crippen LogP contribution is 2.19. The van der Waals surface area contributed by atoms with E-state index >= 15 is 0 Å². The van der Waals surface area contributed by atoms with Crippen molar-refractivity contribution in [3.05, 3.63) is 89.6 Å². The summed E-state index contributed by atoms with van der Waals surface area (Å²) in [5, 5.41) is 0. The van der Waals surface area contributed by atoms with Crippen molar-refractivity contribution in [2.24, 2.45) is 0 Å². The molecule has 3 aromatic rings. The van der Waals surface area contributed by atoms with Crippen LogP contribution in [0.2, 0.25) is 0 Å². The van der Waals surface area contributed by atoms with Gasteiger partial charge in [0.1, 0.15) is 18.2 Å². The first kappa shape index (κ1) is 17.2. The Morgan fingerprint density at radius 2 is 1.65 bits per heavy atom. The van der Waals surface area contributed by atoms with Crippen LogP contribution in [0.1, 0.15) is 26.5 Å². The van der Waals surface area contributed by atoms with E-state index in [1.165, 1.54) is 24.5 Å². The number of para-hydroxylation sites is 1. The molecule has 0 spiro atoms. The number of ether oxygens (including phenoxy) is 1. The predicted molar refractivity (Wildman–Crippen MR) is 90.8 cm³/mol. The molecule has 3 rings (SSSR count). The minimum Gasteiger partial charge on any atom is -0.488 e. The van der Waals surface area contributed by atoms with E-state index in [0.29, 0.717) is 5.75 Å². The average molecular weight is 354 g/mol. The van der Waals surface area contributed by atoms with E-state index in [2.05, 4.69) is 10.9 Å². The molecule has 0 fully saturated rings. The zero-order chi connectivity index (χ0) is 18.4. The second-order valence-corrected chi connectivity index (χ2v) is 5.30. The van der Waals surface area contributed by atoms with Crippen molar-refractivity contribution < 1.29 is 23.1 Å². The Kier molecular flexibility index (Phi) is 5.28. The number of amides is 2. The molecule has 0 aliphatic rings. The fourth-order valence-electron chi connectivity index (χ4n) is 2.17. The Bertz CT molecular complexity index is 892. The van der Waals surface area contributed by atoms with Gasteiger partial charge in [-0.15, -0.1) is 0 Å². The molecule has 7 heteroatoms. The Hall–Kier alpha value is -3.61. The Labute approximate surface area is 148 Å². The van der Waals surface area contributed by atoms with Gasteiger partial charge in [0.05, 0.1) is 11.8 Å². The fraction of sp³-hybridized carbons (Fsp3) is 0.0526. The molecule has 0 unspecified atom stereocenters. The van der Waals surface area contributed by atoms with Crippen molar-refractivity contribution in [3.63, 3.8) is 0 Å². The quantitative estimate of drug-likeness (QED) is 0.690. The number of hydrogen-bond donors (Lipinski definition) is 2. The van der Waals surface area contributed by atoms with Crippen LogP contribution in [-0.4, -0.2) is 11.8 Å². The summed E-state index contributed by atoms with van der Waals surface area (Å²) in [6, 6.07) is 15.5. The normalized spacial score (nSPS) is 10.2. The highest BCUT2D eigenvalue weighted by molar-refractivity contribution is 5.99. The smallest absolute Gasteiger partial charge is 0.305 e. The molecular formula is C19H15FN2O4. The number of nitrogens with one attached hydrogen (secondary N) is 2. The molecule has 26 heavy (non-hydrogen) atoms. The third-order valence-corrected chi connectivity index (χ3v) is 3.47. The first-order valence-electron chi connectivity index (χ1n) is 7.74. The number of carbonyl (C=O) groups is 2. The summed E-state index contributed by atoms with van der Waals surface area (Å²) in [5.41, 5.74) is 5.57. The largest absolute Gasteiger partial charge is 0.488 e. The van der Waals surface area contributed by atoms with Crippen molar-refractivity contribution in [2.75, 3.05) is 0 Å². The molecule has 1 aromatic heterocycles. The molecule has 2 aromatic carbocycles. The van der Waals surface area contributed by atoms with Crippen LogP contribution < -0.4 is 15.6 Å². The Morgan fingerprint density at radius 3 is 2.38 bits per heavy atom. The molecule has 2 amide bonds. The van der Waals surface area contributed by atoms with Gasteiger partial charge in [-0.2, -0.15) is 0 Å². The lowest BCUT2D eigenvalue weighted by Crippen LogP contribution is -2.41. The fourth-order valence-corrected chi connectivity index (χ4v) is 2.17. The molecule has 0 saturated carbocycles. The summed E-state index contributed by atoms with van der Waals surface area (Å²) in [7, 11) is 0. The summed E-state index contributed by atoms with van der Waals surface area (Å²) < 4.78 is 23.5. The van der Waals surface area contributed by atoms with Gasteiger partial charge in [-0.25, -0.2) is 4.39 Å². The zero-order valence-electron chi connectivity index (χ0n) is 13.6. The first-order chi connectivity index (χ1) is 12.6. The maximum Gasteiger partial charge on any atom is 0.305 e. The summed E-state index contributed by atoms with van der Waals surface area (Å²) >= 11 is 0. The van der Waals surface area contributed by atoms with E-state index < -0.39 is 11.8 Å². The van der Waals surface area contributed by atoms with Gasteiger partial charge in [0, 0.05) is 0 Å². The lowest BCUT2D eigenvalue weighted by molar-refractivity contribution is 0.0828. The van der Waals surface area contributed by atoms with E-state index in [4.69, 9.17) is 9.15 Å². The van der Waals surface area contributed by atoms with Crippen molar-refractivity contribution in [1.82, 2.24) is 10.9 Å². The number of hydrazine groups is 1. The number of benzene rings is 2. The SMILES string of the molecule is O=C(NNC(=O)c1ccccc1OCc1ccc(F)cc1)c1ccco1. The standard InChI is InChI=1S/C19H15FN2O4/c20-14-9-7-13(8-10-14)12-26-16-5-2-1-4-15(16)18(23)21-22-19(24)17-6-3-11-25-17/h1-11H,12H2,(H,21,23)(H,22,24). The van der Waals surface area contributed by atoms with E-state index in [1.807, 2.05) is 0 Å². The van der Waals surface area contributed by atoms with Crippen molar-refractivity contribution >= 4 is 11.8 Å². The van der Waals surface area contributed by atoms with Crippen LogP contribution in [0.25, 0.3) is 0 Å². The van der Waals surface area contributed by atoms with Gasteiger partial charge in [-0.3, -0.25) is 20.4 Å². The highest BCUT2D eigenvalue weighted by atomic mass is 19.1. The minimum atomic E-state index is -0.576. The van der Waals surface area contributed by atoms with Gasteiger partial charge < -0.3 is 9.15 Å².